The molecule has 2 aliphatic carbocycles. The van der Waals surface area contributed by atoms with E-state index in [4.69, 9.17) is 17.3 Å². The monoisotopic (exact) mass is 472 g/mol. The number of benzene rings is 1. The highest BCUT2D eigenvalue weighted by Gasteiger charge is 2.75. The fourth-order valence-corrected chi connectivity index (χ4v) is 5.91. The third kappa shape index (κ3) is 3.53. The number of primary amides is 1. The molecule has 2 N–H and O–H groups in total. The molecule has 174 valence electrons. The van der Waals surface area contributed by atoms with E-state index in [0.717, 1.165) is 0 Å². The molecule has 3 amide bonds. The lowest BCUT2D eigenvalue weighted by atomic mass is 9.65. The molecule has 2 heterocycles. The molecule has 1 unspecified atom stereocenters. The first-order valence-corrected chi connectivity index (χ1v) is 11.5. The summed E-state index contributed by atoms with van der Waals surface area (Å²) >= 11 is 6.10. The molecule has 2 aromatic rings. The van der Waals surface area contributed by atoms with E-state index in [1.165, 1.54) is 4.90 Å². The summed E-state index contributed by atoms with van der Waals surface area (Å²) in [4.78, 5) is 26.6. The van der Waals surface area contributed by atoms with E-state index in [1.54, 1.807) is 28.9 Å². The van der Waals surface area contributed by atoms with Crippen molar-refractivity contribution in [3.05, 3.63) is 40.5 Å². The number of nitrogens with two attached hydrogens (primary N) is 1. The number of hydrogen-bond acceptors (Lipinski definition) is 4. The summed E-state index contributed by atoms with van der Waals surface area (Å²) in [5.74, 6) is -0.621. The Morgan fingerprint density at radius 3 is 2.67 bits per heavy atom. The first kappa shape index (κ1) is 22.0. The molecule has 2 saturated carbocycles. The van der Waals surface area contributed by atoms with Crippen LogP contribution in [0.5, 0.6) is 0 Å². The maximum atomic E-state index is 14.6. The molecule has 0 radical (unpaired) electrons. The zero-order chi connectivity index (χ0) is 23.6. The van der Waals surface area contributed by atoms with Crippen LogP contribution in [0.3, 0.4) is 0 Å². The van der Waals surface area contributed by atoms with Crippen molar-refractivity contribution in [1.82, 2.24) is 14.7 Å². The Bertz CT molecular complexity index is 1190. The Balaban J connectivity index is 1.32. The van der Waals surface area contributed by atoms with Crippen molar-refractivity contribution in [3.63, 3.8) is 0 Å². The molecule has 1 aromatic carbocycles. The van der Waals surface area contributed by atoms with Crippen molar-refractivity contribution >= 4 is 23.5 Å². The predicted octanol–water partition coefficient (Wildman–Crippen LogP) is 4.75. The standard InChI is InChI=1S/C23H26ClFN6O2/c1-3-23(25)13-22(23)11-21(2,12-22)29-27-20(33)30-7-8-31-16(10-30)17(19(26)32)18(28-31)14-5-4-6-15(24)9-14/h4-6,9H,3,7-8,10-13H2,1-2H3,(H2,26,32). The molecular formula is C23H26ClFN6O2. The molecule has 1 aliphatic heterocycles. The van der Waals surface area contributed by atoms with Crippen molar-refractivity contribution in [2.75, 3.05) is 6.54 Å². The minimum atomic E-state index is -1.08. The topological polar surface area (TPSA) is 106 Å². The van der Waals surface area contributed by atoms with Crippen LogP contribution >= 0.6 is 11.6 Å². The first-order chi connectivity index (χ1) is 15.6. The number of hydrogen-bond donors (Lipinski definition) is 1. The Kier molecular flexibility index (Phi) is 4.90. The van der Waals surface area contributed by atoms with Gasteiger partial charge in [0.15, 0.2) is 0 Å². The SMILES string of the molecule is CCC1(F)CC12CC(C)(N=NC(=O)N1CCn3nc(-c4cccc(Cl)c4)c(C(N)=O)c3C1)C2. The zero-order valence-corrected chi connectivity index (χ0v) is 19.4. The van der Waals surface area contributed by atoms with Crippen molar-refractivity contribution in [2.24, 2.45) is 21.4 Å². The molecule has 1 aromatic heterocycles. The van der Waals surface area contributed by atoms with Crippen LogP contribution in [0, 0.1) is 5.41 Å². The third-order valence-corrected chi connectivity index (χ3v) is 7.65. The molecule has 0 bridgehead atoms. The van der Waals surface area contributed by atoms with E-state index in [2.05, 4.69) is 15.3 Å². The fourth-order valence-electron chi connectivity index (χ4n) is 5.72. The molecule has 1 spiro atoms. The maximum absolute atomic E-state index is 14.6. The molecule has 3 aliphatic rings. The summed E-state index contributed by atoms with van der Waals surface area (Å²) in [5, 5.41) is 13.3. The summed E-state index contributed by atoms with van der Waals surface area (Å²) in [7, 11) is 0. The van der Waals surface area contributed by atoms with Gasteiger partial charge in [0.05, 0.1) is 29.9 Å². The molecule has 33 heavy (non-hydrogen) atoms. The van der Waals surface area contributed by atoms with E-state index in [1.807, 2.05) is 13.8 Å². The molecule has 5 rings (SSSR count). The second-order valence-corrected chi connectivity index (χ2v) is 10.2. The van der Waals surface area contributed by atoms with Gasteiger partial charge in [-0.1, -0.05) is 35.8 Å². The maximum Gasteiger partial charge on any atom is 0.362 e. The van der Waals surface area contributed by atoms with E-state index >= 15 is 0 Å². The Morgan fingerprint density at radius 2 is 2.03 bits per heavy atom. The van der Waals surface area contributed by atoms with Crippen molar-refractivity contribution < 1.29 is 14.0 Å². The van der Waals surface area contributed by atoms with Crippen molar-refractivity contribution in [3.8, 4) is 11.3 Å². The van der Waals surface area contributed by atoms with Gasteiger partial charge < -0.3 is 10.6 Å². The van der Waals surface area contributed by atoms with Gasteiger partial charge in [0.2, 0.25) is 0 Å². The summed E-state index contributed by atoms with van der Waals surface area (Å²) in [6.07, 6.45) is 2.32. The number of azo groups is 1. The number of alkyl halides is 1. The summed E-state index contributed by atoms with van der Waals surface area (Å²) < 4.78 is 16.3. The second kappa shape index (κ2) is 7.35. The highest BCUT2D eigenvalue weighted by Crippen LogP contribution is 2.75. The van der Waals surface area contributed by atoms with Gasteiger partial charge in [-0.2, -0.15) is 10.2 Å². The van der Waals surface area contributed by atoms with Gasteiger partial charge in [0.1, 0.15) is 11.4 Å². The molecule has 2 fully saturated rings. The quantitative estimate of drug-likeness (QED) is 0.649. The van der Waals surface area contributed by atoms with Gasteiger partial charge in [0, 0.05) is 22.5 Å². The van der Waals surface area contributed by atoms with Gasteiger partial charge in [-0.25, -0.2) is 9.18 Å². The molecule has 0 saturated heterocycles. The van der Waals surface area contributed by atoms with E-state index in [0.29, 0.717) is 60.7 Å². The minimum absolute atomic E-state index is 0.147. The van der Waals surface area contributed by atoms with Crippen LogP contribution in [0.15, 0.2) is 34.5 Å². The van der Waals surface area contributed by atoms with Crippen LogP contribution in [-0.2, 0) is 13.1 Å². The van der Waals surface area contributed by atoms with Crippen LogP contribution in [0.25, 0.3) is 11.3 Å². The first-order valence-electron chi connectivity index (χ1n) is 11.1. The summed E-state index contributed by atoms with van der Waals surface area (Å²) in [6, 6.07) is 6.55. The Morgan fingerprint density at radius 1 is 1.27 bits per heavy atom. The van der Waals surface area contributed by atoms with Gasteiger partial charge in [-0.05, 0) is 44.7 Å². The molecule has 1 atom stereocenters. The average Bonchev–Trinajstić information content (AvgIpc) is 3.17. The molecule has 10 heteroatoms. The number of amides is 3. The lowest BCUT2D eigenvalue weighted by Gasteiger charge is -2.43. The number of aromatic nitrogens is 2. The van der Waals surface area contributed by atoms with Crippen LogP contribution < -0.4 is 5.73 Å². The van der Waals surface area contributed by atoms with Crippen LogP contribution in [0.1, 0.15) is 55.6 Å². The number of carbonyl (C=O) groups excluding carboxylic acids is 2. The van der Waals surface area contributed by atoms with Crippen LogP contribution in [0.4, 0.5) is 9.18 Å². The van der Waals surface area contributed by atoms with Crippen molar-refractivity contribution in [1.29, 1.82) is 0 Å². The van der Waals surface area contributed by atoms with E-state index in [9.17, 15) is 14.0 Å². The Hall–Kier alpha value is -2.81. The van der Waals surface area contributed by atoms with Gasteiger partial charge in [-0.15, -0.1) is 0 Å². The lowest BCUT2D eigenvalue weighted by molar-refractivity contribution is 0.0670. The number of nitrogens with zero attached hydrogens (tertiary/aromatic N) is 5. The highest BCUT2D eigenvalue weighted by atomic mass is 35.5. The second-order valence-electron chi connectivity index (χ2n) is 9.80. The van der Waals surface area contributed by atoms with Gasteiger partial charge >= 0.3 is 6.03 Å². The number of rotatable bonds is 4. The normalized spacial score (nSPS) is 30.4. The summed E-state index contributed by atoms with van der Waals surface area (Å²) in [5.41, 5.74) is 5.78. The van der Waals surface area contributed by atoms with E-state index < -0.39 is 23.1 Å². The highest BCUT2D eigenvalue weighted by molar-refractivity contribution is 6.30. The van der Waals surface area contributed by atoms with Gasteiger partial charge in [0.25, 0.3) is 5.91 Å². The lowest BCUT2D eigenvalue weighted by Crippen LogP contribution is -2.44. The van der Waals surface area contributed by atoms with Gasteiger partial charge in [-0.3, -0.25) is 9.48 Å². The predicted molar refractivity (Wildman–Crippen MR) is 121 cm³/mol. The fraction of sp³-hybridized carbons (Fsp3) is 0.522. The minimum Gasteiger partial charge on any atom is -0.365 e. The largest absolute Gasteiger partial charge is 0.365 e. The molecular weight excluding hydrogens is 447 g/mol. The van der Waals surface area contributed by atoms with Crippen molar-refractivity contribution in [2.45, 2.75) is 63.8 Å². The smallest absolute Gasteiger partial charge is 0.362 e. The number of fused-ring (bicyclic) bond motifs is 1. The zero-order valence-electron chi connectivity index (χ0n) is 18.6. The number of urea groups is 1. The summed E-state index contributed by atoms with van der Waals surface area (Å²) in [6.45, 7) is 4.71. The number of halogens is 2. The van der Waals surface area contributed by atoms with Crippen LogP contribution in [0.2, 0.25) is 5.02 Å². The molecule has 8 nitrogen and oxygen atoms in total. The van der Waals surface area contributed by atoms with Crippen LogP contribution in [-0.4, -0.2) is 44.4 Å². The number of carbonyl (C=O) groups is 2. The Labute approximate surface area is 196 Å². The average molecular weight is 473 g/mol. The third-order valence-electron chi connectivity index (χ3n) is 7.41. The van der Waals surface area contributed by atoms with E-state index in [-0.39, 0.29) is 17.5 Å².